The van der Waals surface area contributed by atoms with Crippen molar-refractivity contribution in [1.29, 1.82) is 0 Å². The Hall–Kier alpha value is -1.33. The molecule has 5 heteroatoms. The zero-order valence-corrected chi connectivity index (χ0v) is 13.6. The second-order valence-electron chi connectivity index (χ2n) is 6.48. The number of thioether (sulfide) groups is 1. The molecular formula is C17H20O4S. The van der Waals surface area contributed by atoms with Gasteiger partial charge in [0.05, 0.1) is 5.92 Å². The van der Waals surface area contributed by atoms with Crippen LogP contribution in [0.5, 0.6) is 0 Å². The summed E-state index contributed by atoms with van der Waals surface area (Å²) in [5, 5.41) is 10.1. The maximum Gasteiger partial charge on any atom is 0.310 e. The lowest BCUT2D eigenvalue weighted by atomic mass is 9.74. The first-order chi connectivity index (χ1) is 10.4. The van der Waals surface area contributed by atoms with Crippen molar-refractivity contribution in [2.45, 2.75) is 43.3 Å². The van der Waals surface area contributed by atoms with Crippen LogP contribution < -0.4 is 0 Å². The number of hydrogen-bond donors (Lipinski definition) is 1. The molecule has 1 aliphatic heterocycles. The molecule has 1 aromatic rings. The molecule has 118 valence electrons. The molecular weight excluding hydrogens is 300 g/mol. The molecule has 1 saturated heterocycles. The lowest BCUT2D eigenvalue weighted by Gasteiger charge is -2.34. The van der Waals surface area contributed by atoms with Crippen LogP contribution in [-0.4, -0.2) is 34.3 Å². The number of esters is 1. The number of carbonyl (C=O) groups excluding carboxylic acids is 2. The highest BCUT2D eigenvalue weighted by molar-refractivity contribution is 7.99. The first kappa shape index (κ1) is 15.6. The van der Waals surface area contributed by atoms with Gasteiger partial charge in [-0.05, 0) is 26.0 Å². The zero-order chi connectivity index (χ0) is 15.9. The van der Waals surface area contributed by atoms with E-state index in [2.05, 4.69) is 0 Å². The molecule has 4 nitrogen and oxygen atoms in total. The van der Waals surface area contributed by atoms with Crippen LogP contribution in [0.25, 0.3) is 0 Å². The Bertz CT molecular complexity index is 593. The van der Waals surface area contributed by atoms with E-state index in [1.54, 1.807) is 11.8 Å². The Morgan fingerprint density at radius 1 is 1.32 bits per heavy atom. The van der Waals surface area contributed by atoms with Gasteiger partial charge in [-0.1, -0.05) is 17.7 Å². The maximum absolute atomic E-state index is 12.1. The summed E-state index contributed by atoms with van der Waals surface area (Å²) in [5.74, 6) is -0.176. The van der Waals surface area contributed by atoms with Crippen molar-refractivity contribution in [2.24, 2.45) is 11.8 Å². The van der Waals surface area contributed by atoms with Gasteiger partial charge in [0.25, 0.3) is 0 Å². The third-order valence-corrected chi connectivity index (χ3v) is 5.77. The summed E-state index contributed by atoms with van der Waals surface area (Å²) in [6.07, 6.45) is 0.111. The van der Waals surface area contributed by atoms with Crippen LogP contribution in [0.4, 0.5) is 0 Å². The Kier molecular flexibility index (Phi) is 4.03. The number of benzene rings is 1. The summed E-state index contributed by atoms with van der Waals surface area (Å²) >= 11 is 1.61. The minimum atomic E-state index is -1.36. The zero-order valence-electron chi connectivity index (χ0n) is 12.7. The summed E-state index contributed by atoms with van der Waals surface area (Å²) in [7, 11) is 0. The standard InChI is InChI=1S/C17H20O4S/c1-10-3-5-11(6-4-10)22-9-13-12-7-15(18)17(2,20)8-14(12)21-16(13)19/h3-6,12-14,20H,7-9H2,1-2H3/t12-,13-,14-,17+/m1/s1. The molecule has 1 aromatic carbocycles. The molecule has 1 heterocycles. The van der Waals surface area contributed by atoms with Crippen LogP contribution in [0, 0.1) is 18.8 Å². The molecule has 0 unspecified atom stereocenters. The Balaban J connectivity index is 1.68. The van der Waals surface area contributed by atoms with Crippen LogP contribution in [0.1, 0.15) is 25.3 Å². The number of Topliss-reactive ketones (excluding diaryl/α,β-unsaturated/α-hetero) is 1. The molecule has 0 spiro atoms. The molecule has 4 atom stereocenters. The average molecular weight is 320 g/mol. The fourth-order valence-electron chi connectivity index (χ4n) is 3.18. The van der Waals surface area contributed by atoms with Crippen LogP contribution >= 0.6 is 11.8 Å². The molecule has 0 bridgehead atoms. The second-order valence-corrected chi connectivity index (χ2v) is 7.57. The van der Waals surface area contributed by atoms with Crippen molar-refractivity contribution in [2.75, 3.05) is 5.75 Å². The van der Waals surface area contributed by atoms with Crippen LogP contribution in [0.15, 0.2) is 29.2 Å². The van der Waals surface area contributed by atoms with Crippen LogP contribution in [-0.2, 0) is 14.3 Å². The van der Waals surface area contributed by atoms with Gasteiger partial charge in [0.1, 0.15) is 11.7 Å². The van der Waals surface area contributed by atoms with Gasteiger partial charge in [-0.25, -0.2) is 0 Å². The molecule has 0 radical (unpaired) electrons. The fourth-order valence-corrected chi connectivity index (χ4v) is 4.26. The number of rotatable bonds is 3. The van der Waals surface area contributed by atoms with Gasteiger partial charge < -0.3 is 9.84 Å². The van der Waals surface area contributed by atoms with Crippen LogP contribution in [0.2, 0.25) is 0 Å². The van der Waals surface area contributed by atoms with E-state index in [9.17, 15) is 14.7 Å². The molecule has 2 aliphatic rings. The Morgan fingerprint density at radius 2 is 2.00 bits per heavy atom. The summed E-state index contributed by atoms with van der Waals surface area (Å²) < 4.78 is 5.40. The van der Waals surface area contributed by atoms with Crippen molar-refractivity contribution < 1.29 is 19.4 Å². The molecule has 1 N–H and O–H groups in total. The first-order valence-electron chi connectivity index (χ1n) is 7.52. The molecule has 3 rings (SSSR count). The SMILES string of the molecule is Cc1ccc(SC[C@H]2C(=O)O[C@@H]3C[C@](C)(O)C(=O)C[C@@H]32)cc1. The van der Waals surface area contributed by atoms with Crippen molar-refractivity contribution in [3.05, 3.63) is 29.8 Å². The minimum absolute atomic E-state index is 0.0989. The normalized spacial score (nSPS) is 34.4. The topological polar surface area (TPSA) is 63.6 Å². The lowest BCUT2D eigenvalue weighted by molar-refractivity contribution is -0.153. The quantitative estimate of drug-likeness (QED) is 0.684. The number of aliphatic hydroxyl groups is 1. The third kappa shape index (κ3) is 2.92. The first-order valence-corrected chi connectivity index (χ1v) is 8.51. The van der Waals surface area contributed by atoms with Gasteiger partial charge in [-0.3, -0.25) is 9.59 Å². The molecule has 0 amide bonds. The number of ether oxygens (including phenoxy) is 1. The number of aryl methyl sites for hydroxylation is 1. The van der Waals surface area contributed by atoms with Gasteiger partial charge in [0, 0.05) is 29.4 Å². The Morgan fingerprint density at radius 3 is 2.68 bits per heavy atom. The number of hydrogen-bond acceptors (Lipinski definition) is 5. The monoisotopic (exact) mass is 320 g/mol. The lowest BCUT2D eigenvalue weighted by Crippen LogP contribution is -2.47. The largest absolute Gasteiger partial charge is 0.462 e. The fraction of sp³-hybridized carbons (Fsp3) is 0.529. The highest BCUT2D eigenvalue weighted by Gasteiger charge is 2.53. The van der Waals surface area contributed by atoms with Gasteiger partial charge in [0.15, 0.2) is 5.78 Å². The Labute approximate surface area is 134 Å². The van der Waals surface area contributed by atoms with E-state index < -0.39 is 5.60 Å². The van der Waals surface area contributed by atoms with Crippen molar-refractivity contribution in [3.63, 3.8) is 0 Å². The maximum atomic E-state index is 12.1. The van der Waals surface area contributed by atoms with E-state index in [1.165, 1.54) is 12.5 Å². The number of carbonyl (C=O) groups is 2. The predicted octanol–water partition coefficient (Wildman–Crippen LogP) is 2.36. The minimum Gasteiger partial charge on any atom is -0.462 e. The van der Waals surface area contributed by atoms with Gasteiger partial charge in [0.2, 0.25) is 0 Å². The van der Waals surface area contributed by atoms with E-state index in [4.69, 9.17) is 4.74 Å². The number of fused-ring (bicyclic) bond motifs is 1. The smallest absolute Gasteiger partial charge is 0.310 e. The molecule has 0 aromatic heterocycles. The van der Waals surface area contributed by atoms with E-state index in [1.807, 2.05) is 31.2 Å². The predicted molar refractivity (Wildman–Crippen MR) is 83.6 cm³/mol. The summed E-state index contributed by atoms with van der Waals surface area (Å²) in [5.41, 5.74) is -0.162. The molecule has 22 heavy (non-hydrogen) atoms. The van der Waals surface area contributed by atoms with Gasteiger partial charge in [-0.2, -0.15) is 0 Å². The number of ketones is 1. The average Bonchev–Trinajstić information content (AvgIpc) is 2.73. The van der Waals surface area contributed by atoms with E-state index in [-0.39, 0.29) is 42.5 Å². The van der Waals surface area contributed by atoms with Crippen molar-refractivity contribution >= 4 is 23.5 Å². The van der Waals surface area contributed by atoms with Crippen LogP contribution in [0.3, 0.4) is 0 Å². The summed E-state index contributed by atoms with van der Waals surface area (Å²) in [6, 6.07) is 8.15. The van der Waals surface area contributed by atoms with Crippen molar-refractivity contribution in [3.8, 4) is 0 Å². The highest BCUT2D eigenvalue weighted by Crippen LogP contribution is 2.42. The van der Waals surface area contributed by atoms with E-state index in [0.29, 0.717) is 5.75 Å². The molecule has 1 saturated carbocycles. The third-order valence-electron chi connectivity index (χ3n) is 4.64. The van der Waals surface area contributed by atoms with Gasteiger partial charge in [-0.15, -0.1) is 11.8 Å². The molecule has 1 aliphatic carbocycles. The summed E-state index contributed by atoms with van der Waals surface area (Å²) in [6.45, 7) is 3.54. The summed E-state index contributed by atoms with van der Waals surface area (Å²) in [4.78, 5) is 25.2. The van der Waals surface area contributed by atoms with E-state index >= 15 is 0 Å². The highest BCUT2D eigenvalue weighted by atomic mass is 32.2. The van der Waals surface area contributed by atoms with Crippen molar-refractivity contribution in [1.82, 2.24) is 0 Å². The second kappa shape index (κ2) is 5.70. The molecule has 2 fully saturated rings. The van der Waals surface area contributed by atoms with Gasteiger partial charge >= 0.3 is 5.97 Å². The van der Waals surface area contributed by atoms with E-state index in [0.717, 1.165) is 4.90 Å².